The third-order valence-electron chi connectivity index (χ3n) is 3.33. The lowest BCUT2D eigenvalue weighted by Crippen LogP contribution is -2.22. The van der Waals surface area contributed by atoms with E-state index in [0.717, 1.165) is 12.8 Å². The average molecular weight is 210 g/mol. The van der Waals surface area contributed by atoms with Gasteiger partial charge in [0.25, 0.3) is 0 Å². The normalized spacial score (nSPS) is 33.0. The summed E-state index contributed by atoms with van der Waals surface area (Å²) in [7, 11) is 0. The van der Waals surface area contributed by atoms with E-state index in [-0.39, 0.29) is 11.6 Å². The van der Waals surface area contributed by atoms with Crippen LogP contribution in [0.15, 0.2) is 12.2 Å². The molecule has 2 rings (SSSR count). The molecule has 2 fully saturated rings. The molecule has 3 heteroatoms. The SMILES string of the molecule is C=C(C)C(=O)OCCC12CCCCC1O2. The van der Waals surface area contributed by atoms with Gasteiger partial charge in [0.1, 0.15) is 0 Å². The van der Waals surface area contributed by atoms with E-state index in [4.69, 9.17) is 9.47 Å². The van der Waals surface area contributed by atoms with Crippen LogP contribution in [0.1, 0.15) is 39.0 Å². The Morgan fingerprint density at radius 1 is 1.60 bits per heavy atom. The minimum atomic E-state index is -0.292. The van der Waals surface area contributed by atoms with Gasteiger partial charge < -0.3 is 9.47 Å². The fourth-order valence-electron chi connectivity index (χ4n) is 2.33. The lowest BCUT2D eigenvalue weighted by atomic mass is 9.87. The maximum Gasteiger partial charge on any atom is 0.333 e. The van der Waals surface area contributed by atoms with Crippen molar-refractivity contribution < 1.29 is 14.3 Å². The van der Waals surface area contributed by atoms with Crippen LogP contribution in [0.25, 0.3) is 0 Å². The van der Waals surface area contributed by atoms with Gasteiger partial charge in [-0.15, -0.1) is 0 Å². The lowest BCUT2D eigenvalue weighted by Gasteiger charge is -2.16. The Labute approximate surface area is 90.4 Å². The number of rotatable bonds is 4. The van der Waals surface area contributed by atoms with Crippen LogP contribution in [0.4, 0.5) is 0 Å². The van der Waals surface area contributed by atoms with Crippen molar-refractivity contribution >= 4 is 5.97 Å². The minimum absolute atomic E-state index is 0.0631. The predicted molar refractivity (Wildman–Crippen MR) is 56.5 cm³/mol. The Hall–Kier alpha value is -0.830. The third kappa shape index (κ3) is 2.23. The van der Waals surface area contributed by atoms with E-state index < -0.39 is 0 Å². The van der Waals surface area contributed by atoms with Crippen LogP contribution in [0.2, 0.25) is 0 Å². The van der Waals surface area contributed by atoms with Gasteiger partial charge in [-0.3, -0.25) is 0 Å². The molecule has 84 valence electrons. The zero-order valence-corrected chi connectivity index (χ0v) is 9.25. The van der Waals surface area contributed by atoms with Gasteiger partial charge >= 0.3 is 5.97 Å². The second kappa shape index (κ2) is 3.97. The Kier molecular flexibility index (Phi) is 2.83. The molecule has 2 unspecified atom stereocenters. The third-order valence-corrected chi connectivity index (χ3v) is 3.33. The number of hydrogen-bond donors (Lipinski definition) is 0. The summed E-state index contributed by atoms with van der Waals surface area (Å²) in [5, 5.41) is 0. The molecule has 1 saturated carbocycles. The number of epoxide rings is 1. The first-order chi connectivity index (χ1) is 7.14. The Balaban J connectivity index is 1.71. The standard InChI is InChI=1S/C12H18O3/c1-9(2)11(13)14-8-7-12-6-4-3-5-10(12)15-12/h10H,1,3-8H2,2H3. The van der Waals surface area contributed by atoms with Crippen molar-refractivity contribution in [2.75, 3.05) is 6.61 Å². The Bertz CT molecular complexity index is 285. The molecule has 15 heavy (non-hydrogen) atoms. The van der Waals surface area contributed by atoms with Crippen LogP contribution >= 0.6 is 0 Å². The van der Waals surface area contributed by atoms with E-state index in [1.807, 2.05) is 0 Å². The molecule has 1 saturated heterocycles. The van der Waals surface area contributed by atoms with Gasteiger partial charge in [0.05, 0.1) is 18.3 Å². The summed E-state index contributed by atoms with van der Waals surface area (Å²) >= 11 is 0. The first kappa shape index (κ1) is 10.7. The fraction of sp³-hybridized carbons (Fsp3) is 0.750. The zero-order valence-electron chi connectivity index (χ0n) is 9.25. The summed E-state index contributed by atoms with van der Waals surface area (Å²) in [5.74, 6) is -0.292. The number of carbonyl (C=O) groups is 1. The van der Waals surface area contributed by atoms with Crippen molar-refractivity contribution in [1.29, 1.82) is 0 Å². The molecular weight excluding hydrogens is 192 g/mol. The minimum Gasteiger partial charge on any atom is -0.462 e. The van der Waals surface area contributed by atoms with Crippen LogP contribution in [0.5, 0.6) is 0 Å². The van der Waals surface area contributed by atoms with Crippen LogP contribution in [0.3, 0.4) is 0 Å². The number of hydrogen-bond acceptors (Lipinski definition) is 3. The first-order valence-corrected chi connectivity index (χ1v) is 5.64. The van der Waals surface area contributed by atoms with Crippen molar-refractivity contribution in [3.8, 4) is 0 Å². The fourth-order valence-corrected chi connectivity index (χ4v) is 2.33. The summed E-state index contributed by atoms with van der Waals surface area (Å²) in [5.41, 5.74) is 0.526. The van der Waals surface area contributed by atoms with Crippen LogP contribution in [-0.2, 0) is 14.3 Å². The number of fused-ring (bicyclic) bond motifs is 1. The van der Waals surface area contributed by atoms with Crippen molar-refractivity contribution in [3.05, 3.63) is 12.2 Å². The lowest BCUT2D eigenvalue weighted by molar-refractivity contribution is -0.139. The molecule has 0 bridgehead atoms. The maximum atomic E-state index is 11.1. The van der Waals surface area contributed by atoms with Crippen molar-refractivity contribution in [2.45, 2.75) is 50.7 Å². The molecule has 1 heterocycles. The van der Waals surface area contributed by atoms with E-state index >= 15 is 0 Å². The first-order valence-electron chi connectivity index (χ1n) is 5.64. The van der Waals surface area contributed by atoms with Crippen LogP contribution < -0.4 is 0 Å². The number of carbonyl (C=O) groups excluding carboxylic acids is 1. The second-order valence-corrected chi connectivity index (χ2v) is 4.58. The molecule has 1 aliphatic carbocycles. The summed E-state index contributed by atoms with van der Waals surface area (Å²) in [4.78, 5) is 11.1. The van der Waals surface area contributed by atoms with Crippen molar-refractivity contribution in [2.24, 2.45) is 0 Å². The van der Waals surface area contributed by atoms with E-state index in [9.17, 15) is 4.79 Å². The van der Waals surface area contributed by atoms with Gasteiger partial charge in [-0.2, -0.15) is 0 Å². The van der Waals surface area contributed by atoms with Gasteiger partial charge in [0, 0.05) is 12.0 Å². The molecule has 0 aromatic rings. The van der Waals surface area contributed by atoms with Gasteiger partial charge in [-0.25, -0.2) is 4.79 Å². The highest BCUT2D eigenvalue weighted by Crippen LogP contribution is 2.49. The van der Waals surface area contributed by atoms with Gasteiger partial charge in [-0.1, -0.05) is 19.4 Å². The highest BCUT2D eigenvalue weighted by Gasteiger charge is 2.56. The van der Waals surface area contributed by atoms with Crippen molar-refractivity contribution in [1.82, 2.24) is 0 Å². The largest absolute Gasteiger partial charge is 0.462 e. The highest BCUT2D eigenvalue weighted by molar-refractivity contribution is 5.86. The smallest absolute Gasteiger partial charge is 0.333 e. The summed E-state index contributed by atoms with van der Waals surface area (Å²) in [6.07, 6.45) is 6.10. The zero-order chi connectivity index (χ0) is 10.9. The number of ether oxygens (including phenoxy) is 2. The molecule has 2 atom stereocenters. The second-order valence-electron chi connectivity index (χ2n) is 4.58. The molecule has 1 aliphatic heterocycles. The van der Waals surface area contributed by atoms with Gasteiger partial charge in [-0.05, 0) is 19.8 Å². The van der Waals surface area contributed by atoms with Gasteiger partial charge in [0.15, 0.2) is 0 Å². The molecular formula is C12H18O3. The molecule has 0 spiro atoms. The van der Waals surface area contributed by atoms with E-state index in [1.165, 1.54) is 19.3 Å². The average Bonchev–Trinajstić information content (AvgIpc) is 2.91. The monoisotopic (exact) mass is 210 g/mol. The highest BCUT2D eigenvalue weighted by atomic mass is 16.6. The predicted octanol–water partition coefficient (Wildman–Crippen LogP) is 2.21. The van der Waals surface area contributed by atoms with Crippen LogP contribution in [-0.4, -0.2) is 24.3 Å². The Morgan fingerprint density at radius 3 is 3.07 bits per heavy atom. The van der Waals surface area contributed by atoms with Crippen molar-refractivity contribution in [3.63, 3.8) is 0 Å². The molecule has 0 aromatic carbocycles. The molecule has 0 radical (unpaired) electrons. The molecule has 3 nitrogen and oxygen atoms in total. The van der Waals surface area contributed by atoms with Crippen LogP contribution in [0, 0.1) is 0 Å². The van der Waals surface area contributed by atoms with E-state index in [1.54, 1.807) is 6.92 Å². The molecule has 2 aliphatic rings. The van der Waals surface area contributed by atoms with Gasteiger partial charge in [0.2, 0.25) is 0 Å². The topological polar surface area (TPSA) is 38.8 Å². The summed E-state index contributed by atoms with van der Waals surface area (Å²) in [6, 6.07) is 0. The quantitative estimate of drug-likeness (QED) is 0.405. The Morgan fingerprint density at radius 2 is 2.40 bits per heavy atom. The number of esters is 1. The molecule has 0 N–H and O–H groups in total. The summed E-state index contributed by atoms with van der Waals surface area (Å²) < 4.78 is 10.8. The van der Waals surface area contributed by atoms with E-state index in [0.29, 0.717) is 18.3 Å². The molecule has 0 aromatic heterocycles. The summed E-state index contributed by atoms with van der Waals surface area (Å²) in [6.45, 7) is 5.67. The molecule has 0 amide bonds. The maximum absolute atomic E-state index is 11.1. The van der Waals surface area contributed by atoms with E-state index in [2.05, 4.69) is 6.58 Å².